The number of aromatic hydroxyl groups is 1. The maximum absolute atomic E-state index is 13.1. The number of rotatable bonds is 6. The van der Waals surface area contributed by atoms with Gasteiger partial charge in [0.05, 0.1) is 7.11 Å². The van der Waals surface area contributed by atoms with Gasteiger partial charge in [-0.15, -0.1) is 0 Å². The normalized spacial score (nSPS) is 12.5. The summed E-state index contributed by atoms with van der Waals surface area (Å²) in [6.07, 6.45) is 0.614. The second-order valence-corrected chi connectivity index (χ2v) is 4.86. The van der Waals surface area contributed by atoms with Gasteiger partial charge in [-0.3, -0.25) is 4.79 Å². The lowest BCUT2D eigenvalue weighted by molar-refractivity contribution is -0.143. The predicted molar refractivity (Wildman–Crippen MR) is 70.2 cm³/mol. The molecule has 1 unspecified atom stereocenters. The first kappa shape index (κ1) is 15.4. The molecule has 0 saturated carbocycles. The molecular weight excluding hydrogens is 249 g/mol. The van der Waals surface area contributed by atoms with Crippen LogP contribution in [0.4, 0.5) is 4.39 Å². The van der Waals surface area contributed by atoms with Crippen LogP contribution < -0.4 is 5.32 Å². The quantitative estimate of drug-likeness (QED) is 0.777. The Bertz CT molecular complexity index is 435. The van der Waals surface area contributed by atoms with Crippen molar-refractivity contribution in [2.75, 3.05) is 7.11 Å². The summed E-state index contributed by atoms with van der Waals surface area (Å²) in [6.45, 7) is 4.20. The minimum atomic E-state index is -0.465. The first-order chi connectivity index (χ1) is 8.93. The second-order valence-electron chi connectivity index (χ2n) is 4.86. The summed E-state index contributed by atoms with van der Waals surface area (Å²) in [5, 5.41) is 12.6. The Balaban J connectivity index is 2.70. The molecule has 0 aromatic heterocycles. The molecule has 0 aliphatic rings. The fourth-order valence-corrected chi connectivity index (χ4v) is 1.81. The van der Waals surface area contributed by atoms with Gasteiger partial charge in [-0.05, 0) is 30.5 Å². The average Bonchev–Trinajstić information content (AvgIpc) is 2.36. The smallest absolute Gasteiger partial charge is 0.322 e. The summed E-state index contributed by atoms with van der Waals surface area (Å²) in [7, 11) is 1.33. The number of ether oxygens (including phenoxy) is 1. The van der Waals surface area contributed by atoms with E-state index in [-0.39, 0.29) is 18.3 Å². The molecule has 0 bridgehead atoms. The molecule has 1 aromatic carbocycles. The highest BCUT2D eigenvalue weighted by Gasteiger charge is 2.20. The number of phenolic OH excluding ortho intramolecular Hbond substituents is 1. The van der Waals surface area contributed by atoms with Gasteiger partial charge >= 0.3 is 5.97 Å². The maximum Gasteiger partial charge on any atom is 0.322 e. The predicted octanol–water partition coefficient (Wildman–Crippen LogP) is 2.21. The zero-order valence-electron chi connectivity index (χ0n) is 11.4. The van der Waals surface area contributed by atoms with Crippen LogP contribution in [0.25, 0.3) is 0 Å². The van der Waals surface area contributed by atoms with Crippen LogP contribution >= 0.6 is 0 Å². The molecule has 0 heterocycles. The van der Waals surface area contributed by atoms with Gasteiger partial charge in [-0.2, -0.15) is 0 Å². The van der Waals surface area contributed by atoms with Crippen LogP contribution in [0.15, 0.2) is 18.2 Å². The number of carbonyl (C=O) groups is 1. The third kappa shape index (κ3) is 4.87. The van der Waals surface area contributed by atoms with Crippen molar-refractivity contribution in [3.05, 3.63) is 29.6 Å². The highest BCUT2D eigenvalue weighted by atomic mass is 19.1. The van der Waals surface area contributed by atoms with E-state index in [2.05, 4.69) is 5.32 Å². The highest BCUT2D eigenvalue weighted by Crippen LogP contribution is 2.18. The van der Waals surface area contributed by atoms with Crippen LogP contribution in [0.2, 0.25) is 0 Å². The van der Waals surface area contributed by atoms with Crippen LogP contribution in [0, 0.1) is 11.7 Å². The van der Waals surface area contributed by atoms with E-state index in [4.69, 9.17) is 4.74 Å². The molecule has 5 heteroatoms. The first-order valence-electron chi connectivity index (χ1n) is 6.22. The van der Waals surface area contributed by atoms with Crippen molar-refractivity contribution < 1.29 is 19.0 Å². The Morgan fingerprint density at radius 2 is 2.16 bits per heavy atom. The van der Waals surface area contributed by atoms with Crippen molar-refractivity contribution in [1.82, 2.24) is 5.32 Å². The molecule has 4 nitrogen and oxygen atoms in total. The number of hydrogen-bond acceptors (Lipinski definition) is 4. The third-order valence-corrected chi connectivity index (χ3v) is 2.77. The largest absolute Gasteiger partial charge is 0.508 e. The van der Waals surface area contributed by atoms with E-state index in [0.717, 1.165) is 0 Å². The Hall–Kier alpha value is -1.62. The van der Waals surface area contributed by atoms with Gasteiger partial charge < -0.3 is 15.2 Å². The van der Waals surface area contributed by atoms with Crippen molar-refractivity contribution in [3.63, 3.8) is 0 Å². The van der Waals surface area contributed by atoms with Gasteiger partial charge in [0.15, 0.2) is 0 Å². The molecule has 19 heavy (non-hydrogen) atoms. The average molecular weight is 269 g/mol. The van der Waals surface area contributed by atoms with E-state index in [0.29, 0.717) is 17.9 Å². The number of phenols is 1. The highest BCUT2D eigenvalue weighted by molar-refractivity contribution is 5.75. The van der Waals surface area contributed by atoms with Gasteiger partial charge in [0.2, 0.25) is 0 Å². The number of esters is 1. The van der Waals surface area contributed by atoms with Gasteiger partial charge in [-0.1, -0.05) is 13.8 Å². The van der Waals surface area contributed by atoms with E-state index in [1.807, 2.05) is 13.8 Å². The topological polar surface area (TPSA) is 58.6 Å². The fourth-order valence-electron chi connectivity index (χ4n) is 1.81. The Morgan fingerprint density at radius 3 is 2.74 bits per heavy atom. The molecular formula is C14H20FNO3. The summed E-state index contributed by atoms with van der Waals surface area (Å²) in [5.74, 6) is -0.461. The molecule has 2 N–H and O–H groups in total. The van der Waals surface area contributed by atoms with Crippen LogP contribution in [0.1, 0.15) is 25.8 Å². The number of carbonyl (C=O) groups excluding carboxylic acids is 1. The van der Waals surface area contributed by atoms with Crippen molar-refractivity contribution in [1.29, 1.82) is 0 Å². The van der Waals surface area contributed by atoms with Crippen LogP contribution in [-0.4, -0.2) is 24.2 Å². The summed E-state index contributed by atoms with van der Waals surface area (Å²) in [4.78, 5) is 11.6. The van der Waals surface area contributed by atoms with Crippen LogP contribution in [0.3, 0.4) is 0 Å². The van der Waals surface area contributed by atoms with Crippen molar-refractivity contribution in [3.8, 4) is 5.75 Å². The van der Waals surface area contributed by atoms with Crippen molar-refractivity contribution >= 4 is 5.97 Å². The number of methoxy groups -OCH3 is 1. The van der Waals surface area contributed by atoms with Crippen molar-refractivity contribution in [2.24, 2.45) is 5.92 Å². The van der Waals surface area contributed by atoms with Crippen LogP contribution in [0.5, 0.6) is 5.75 Å². The fraction of sp³-hybridized carbons (Fsp3) is 0.500. The van der Waals surface area contributed by atoms with E-state index in [1.54, 1.807) is 0 Å². The molecule has 0 amide bonds. The van der Waals surface area contributed by atoms with Crippen molar-refractivity contribution in [2.45, 2.75) is 32.9 Å². The lowest BCUT2D eigenvalue weighted by Gasteiger charge is -2.18. The zero-order valence-corrected chi connectivity index (χ0v) is 11.4. The minimum Gasteiger partial charge on any atom is -0.508 e. The first-order valence-corrected chi connectivity index (χ1v) is 6.22. The molecule has 1 rings (SSSR count). The van der Waals surface area contributed by atoms with Crippen LogP contribution in [-0.2, 0) is 16.1 Å². The Labute approximate surface area is 112 Å². The van der Waals surface area contributed by atoms with E-state index in [1.165, 1.54) is 25.3 Å². The van der Waals surface area contributed by atoms with E-state index >= 15 is 0 Å². The van der Waals surface area contributed by atoms with E-state index < -0.39 is 11.9 Å². The summed E-state index contributed by atoms with van der Waals surface area (Å²) in [6, 6.07) is 3.26. The Kier molecular flexibility index (Phi) is 5.76. The molecule has 0 radical (unpaired) electrons. The van der Waals surface area contributed by atoms with Gasteiger partial charge in [0, 0.05) is 12.1 Å². The zero-order chi connectivity index (χ0) is 14.4. The number of hydrogen-bond donors (Lipinski definition) is 2. The number of nitrogens with one attached hydrogen (secondary N) is 1. The maximum atomic E-state index is 13.1. The molecule has 0 aliphatic heterocycles. The molecule has 0 fully saturated rings. The third-order valence-electron chi connectivity index (χ3n) is 2.77. The molecule has 0 saturated heterocycles. The molecule has 1 aromatic rings. The Morgan fingerprint density at radius 1 is 1.47 bits per heavy atom. The molecule has 0 aliphatic carbocycles. The SMILES string of the molecule is COC(=O)C(CC(C)C)NCc1cc(F)ccc1O. The molecule has 1 atom stereocenters. The summed E-state index contributed by atoms with van der Waals surface area (Å²) in [5.41, 5.74) is 0.414. The minimum absolute atomic E-state index is 0.00191. The summed E-state index contributed by atoms with van der Waals surface area (Å²) < 4.78 is 17.8. The number of halogens is 1. The lowest BCUT2D eigenvalue weighted by atomic mass is 10.0. The lowest BCUT2D eigenvalue weighted by Crippen LogP contribution is -2.38. The van der Waals surface area contributed by atoms with Gasteiger partial charge in [-0.25, -0.2) is 4.39 Å². The molecule has 0 spiro atoms. The van der Waals surface area contributed by atoms with E-state index in [9.17, 15) is 14.3 Å². The van der Waals surface area contributed by atoms with Gasteiger partial charge in [0.25, 0.3) is 0 Å². The second kappa shape index (κ2) is 7.09. The monoisotopic (exact) mass is 269 g/mol. The van der Waals surface area contributed by atoms with Gasteiger partial charge in [0.1, 0.15) is 17.6 Å². The standard InChI is InChI=1S/C14H20FNO3/c1-9(2)6-12(14(18)19-3)16-8-10-7-11(15)4-5-13(10)17/h4-5,7,9,12,16-17H,6,8H2,1-3H3. The molecule has 106 valence electrons. The number of benzene rings is 1. The summed E-state index contributed by atoms with van der Waals surface area (Å²) >= 11 is 0.